The van der Waals surface area contributed by atoms with E-state index in [0.717, 1.165) is 5.39 Å². The number of nitrogens with one attached hydrogen (secondary N) is 3. The minimum Gasteiger partial charge on any atom is -0.495 e. The van der Waals surface area contributed by atoms with E-state index in [1.807, 2.05) is 6.92 Å². The number of benzene rings is 1. The lowest BCUT2D eigenvalue weighted by Gasteiger charge is -2.15. The molecule has 2 heterocycles. The molecule has 0 aliphatic heterocycles. The molecule has 0 fully saturated rings. The van der Waals surface area contributed by atoms with Crippen LogP contribution in [0.3, 0.4) is 0 Å². The Balaban J connectivity index is 1.88. The molecule has 9 heteroatoms. The number of anilines is 2. The molecule has 3 rings (SSSR count). The Morgan fingerprint density at radius 2 is 2.14 bits per heavy atom. The Bertz CT molecular complexity index is 1080. The third-order valence-electron chi connectivity index (χ3n) is 4.20. The maximum atomic E-state index is 12.5. The number of carbonyl (C=O) groups is 1. The van der Waals surface area contributed by atoms with Crippen LogP contribution in [-0.2, 0) is 4.79 Å². The molecular formula is C19H20ClN5O3. The molecule has 1 atom stereocenters. The van der Waals surface area contributed by atoms with Crippen LogP contribution >= 0.6 is 11.6 Å². The highest BCUT2D eigenvalue weighted by molar-refractivity contribution is 6.32. The van der Waals surface area contributed by atoms with Gasteiger partial charge in [-0.15, -0.1) is 0 Å². The summed E-state index contributed by atoms with van der Waals surface area (Å²) in [6.07, 6.45) is 1.88. The van der Waals surface area contributed by atoms with Crippen molar-refractivity contribution in [3.05, 3.63) is 51.4 Å². The number of pyridine rings is 1. The smallest absolute Gasteiger partial charge is 0.253 e. The molecule has 0 bridgehead atoms. The second kappa shape index (κ2) is 8.26. The molecule has 0 aliphatic carbocycles. The third kappa shape index (κ3) is 4.23. The number of aromatic nitrogens is 3. The van der Waals surface area contributed by atoms with Crippen molar-refractivity contribution in [1.82, 2.24) is 15.0 Å². The van der Waals surface area contributed by atoms with Gasteiger partial charge >= 0.3 is 0 Å². The summed E-state index contributed by atoms with van der Waals surface area (Å²) in [5.41, 5.74) is 0.885. The second-order valence-electron chi connectivity index (χ2n) is 6.16. The van der Waals surface area contributed by atoms with Gasteiger partial charge in [0.2, 0.25) is 11.9 Å². The molecule has 146 valence electrons. The van der Waals surface area contributed by atoms with E-state index in [0.29, 0.717) is 40.0 Å². The molecule has 0 unspecified atom stereocenters. The molecule has 3 N–H and O–H groups in total. The SMILES string of the molecule is CCC(=O)Nc1ccnc(N[C@@H](C)c2cc3cc(Cl)c(OC)cc3[nH]c2=O)n1. The molecule has 2 aromatic heterocycles. The number of hydrogen-bond acceptors (Lipinski definition) is 6. The van der Waals surface area contributed by atoms with Crippen molar-refractivity contribution in [2.75, 3.05) is 17.7 Å². The van der Waals surface area contributed by atoms with Crippen LogP contribution in [0.25, 0.3) is 10.9 Å². The minimum atomic E-state index is -0.383. The predicted molar refractivity (Wildman–Crippen MR) is 109 cm³/mol. The zero-order valence-electron chi connectivity index (χ0n) is 15.7. The summed E-state index contributed by atoms with van der Waals surface area (Å²) in [5.74, 6) is 1.04. The largest absolute Gasteiger partial charge is 0.495 e. The Kier molecular flexibility index (Phi) is 5.79. The van der Waals surface area contributed by atoms with Gasteiger partial charge in [0.05, 0.1) is 23.7 Å². The van der Waals surface area contributed by atoms with Gasteiger partial charge < -0.3 is 20.4 Å². The average molecular weight is 402 g/mol. The van der Waals surface area contributed by atoms with Crippen LogP contribution in [0.5, 0.6) is 5.75 Å². The van der Waals surface area contributed by atoms with E-state index in [-0.39, 0.29) is 17.5 Å². The quantitative estimate of drug-likeness (QED) is 0.583. The number of rotatable bonds is 6. The minimum absolute atomic E-state index is 0.143. The number of halogens is 1. The van der Waals surface area contributed by atoms with Crippen LogP contribution in [0.1, 0.15) is 31.9 Å². The molecule has 0 saturated heterocycles. The van der Waals surface area contributed by atoms with Crippen molar-refractivity contribution in [2.24, 2.45) is 0 Å². The number of H-pyrrole nitrogens is 1. The lowest BCUT2D eigenvalue weighted by molar-refractivity contribution is -0.115. The van der Waals surface area contributed by atoms with Crippen LogP contribution in [0.2, 0.25) is 5.02 Å². The van der Waals surface area contributed by atoms with Gasteiger partial charge in [-0.05, 0) is 25.1 Å². The summed E-state index contributed by atoms with van der Waals surface area (Å²) in [5, 5.41) is 6.99. The highest BCUT2D eigenvalue weighted by Crippen LogP contribution is 2.29. The molecule has 0 saturated carbocycles. The van der Waals surface area contributed by atoms with E-state index in [1.54, 1.807) is 31.2 Å². The topological polar surface area (TPSA) is 109 Å². The Labute approximate surface area is 166 Å². The van der Waals surface area contributed by atoms with E-state index < -0.39 is 0 Å². The Morgan fingerprint density at radius 1 is 1.36 bits per heavy atom. The van der Waals surface area contributed by atoms with Crippen LogP contribution in [0.15, 0.2) is 35.3 Å². The number of aromatic amines is 1. The Hall–Kier alpha value is -3.13. The van der Waals surface area contributed by atoms with Gasteiger partial charge in [0.25, 0.3) is 5.56 Å². The zero-order valence-corrected chi connectivity index (χ0v) is 16.4. The lowest BCUT2D eigenvalue weighted by atomic mass is 10.1. The van der Waals surface area contributed by atoms with Gasteiger partial charge in [-0.1, -0.05) is 18.5 Å². The second-order valence-corrected chi connectivity index (χ2v) is 6.57. The van der Waals surface area contributed by atoms with Gasteiger partial charge in [0.1, 0.15) is 11.6 Å². The van der Waals surface area contributed by atoms with Gasteiger partial charge in [-0.25, -0.2) is 4.98 Å². The number of hydrogen-bond donors (Lipinski definition) is 3. The van der Waals surface area contributed by atoms with Crippen molar-refractivity contribution in [3.63, 3.8) is 0 Å². The fourth-order valence-electron chi connectivity index (χ4n) is 2.70. The van der Waals surface area contributed by atoms with Gasteiger partial charge in [0.15, 0.2) is 0 Å². The van der Waals surface area contributed by atoms with Crippen LogP contribution < -0.4 is 20.9 Å². The molecule has 1 aromatic carbocycles. The molecular weight excluding hydrogens is 382 g/mol. The van der Waals surface area contributed by atoms with Crippen molar-refractivity contribution in [1.29, 1.82) is 0 Å². The third-order valence-corrected chi connectivity index (χ3v) is 4.50. The zero-order chi connectivity index (χ0) is 20.3. The molecule has 0 aliphatic rings. The molecule has 0 spiro atoms. The average Bonchev–Trinajstić information content (AvgIpc) is 2.67. The maximum Gasteiger partial charge on any atom is 0.253 e. The first-order valence-electron chi connectivity index (χ1n) is 8.71. The number of carbonyl (C=O) groups excluding carboxylic acids is 1. The van der Waals surface area contributed by atoms with Crippen LogP contribution in [-0.4, -0.2) is 28.0 Å². The predicted octanol–water partition coefficient (Wildman–Crippen LogP) is 3.50. The van der Waals surface area contributed by atoms with Crippen molar-refractivity contribution in [3.8, 4) is 5.75 Å². The number of ether oxygens (including phenoxy) is 1. The van der Waals surface area contributed by atoms with Crippen molar-refractivity contribution in [2.45, 2.75) is 26.3 Å². The molecule has 8 nitrogen and oxygen atoms in total. The molecule has 28 heavy (non-hydrogen) atoms. The number of amides is 1. The summed E-state index contributed by atoms with van der Waals surface area (Å²) in [6.45, 7) is 3.58. The summed E-state index contributed by atoms with van der Waals surface area (Å²) in [6, 6.07) is 6.40. The van der Waals surface area contributed by atoms with Gasteiger partial charge in [-0.2, -0.15) is 4.98 Å². The Morgan fingerprint density at radius 3 is 2.86 bits per heavy atom. The van der Waals surface area contributed by atoms with E-state index in [4.69, 9.17) is 16.3 Å². The summed E-state index contributed by atoms with van der Waals surface area (Å²) < 4.78 is 5.18. The number of nitrogens with zero attached hydrogens (tertiary/aromatic N) is 2. The van der Waals surface area contributed by atoms with Gasteiger partial charge in [0, 0.05) is 29.6 Å². The first-order valence-corrected chi connectivity index (χ1v) is 9.09. The van der Waals surface area contributed by atoms with E-state index in [9.17, 15) is 9.59 Å². The monoisotopic (exact) mass is 401 g/mol. The fraction of sp³-hybridized carbons (Fsp3) is 0.263. The lowest BCUT2D eigenvalue weighted by Crippen LogP contribution is -2.20. The number of methoxy groups -OCH3 is 1. The molecule has 3 aromatic rings. The molecule has 1 amide bonds. The van der Waals surface area contributed by atoms with E-state index in [2.05, 4.69) is 25.6 Å². The number of fused-ring (bicyclic) bond motifs is 1. The summed E-state index contributed by atoms with van der Waals surface area (Å²) in [4.78, 5) is 35.3. The van der Waals surface area contributed by atoms with E-state index in [1.165, 1.54) is 13.3 Å². The van der Waals surface area contributed by atoms with Gasteiger partial charge in [-0.3, -0.25) is 9.59 Å². The first kappa shape index (κ1) is 19.6. The normalized spacial score (nSPS) is 11.9. The van der Waals surface area contributed by atoms with Crippen molar-refractivity contribution < 1.29 is 9.53 Å². The highest BCUT2D eigenvalue weighted by atomic mass is 35.5. The summed E-state index contributed by atoms with van der Waals surface area (Å²) >= 11 is 6.19. The van der Waals surface area contributed by atoms with Crippen LogP contribution in [0.4, 0.5) is 11.8 Å². The molecule has 0 radical (unpaired) electrons. The maximum absolute atomic E-state index is 12.5. The fourth-order valence-corrected chi connectivity index (χ4v) is 2.95. The summed E-state index contributed by atoms with van der Waals surface area (Å²) in [7, 11) is 1.52. The van der Waals surface area contributed by atoms with E-state index >= 15 is 0 Å². The van der Waals surface area contributed by atoms with Crippen LogP contribution in [0, 0.1) is 0 Å². The standard InChI is InChI=1S/C19H20ClN5O3/c1-4-17(26)24-16-5-6-21-19(25-16)22-10(2)12-7-11-8-13(20)15(28-3)9-14(11)23-18(12)27/h5-10H,4H2,1-3H3,(H,23,27)(H2,21,22,24,25,26)/t10-/m0/s1. The van der Waals surface area contributed by atoms with Crippen molar-refractivity contribution >= 4 is 40.2 Å². The first-order chi connectivity index (χ1) is 13.4. The highest BCUT2D eigenvalue weighted by Gasteiger charge is 2.14.